The molecule has 0 saturated carbocycles. The molecule has 2 N–H and O–H groups in total. The Hall–Kier alpha value is -1.33. The molecule has 7 heteroatoms. The third-order valence-electron chi connectivity index (χ3n) is 2.41. The van der Waals surface area contributed by atoms with Crippen molar-refractivity contribution in [3.8, 4) is 0 Å². The highest BCUT2D eigenvalue weighted by Crippen LogP contribution is 2.16. The van der Waals surface area contributed by atoms with Gasteiger partial charge in [-0.25, -0.2) is 4.98 Å². The van der Waals surface area contributed by atoms with Crippen LogP contribution in [0.15, 0.2) is 12.1 Å². The first-order chi connectivity index (χ1) is 8.45. The van der Waals surface area contributed by atoms with Crippen LogP contribution in [0.25, 0.3) is 0 Å². The number of nitrogens with zero attached hydrogens (tertiary/aromatic N) is 1. The van der Waals surface area contributed by atoms with Gasteiger partial charge in [0.1, 0.15) is 10.3 Å². The Morgan fingerprint density at radius 2 is 2.11 bits per heavy atom. The molecule has 1 rings (SSSR count). The highest BCUT2D eigenvalue weighted by atomic mass is 35.5. The normalized spacial score (nSPS) is 11.9. The van der Waals surface area contributed by atoms with Gasteiger partial charge in [0.05, 0.1) is 11.5 Å². The zero-order valence-corrected chi connectivity index (χ0v) is 11.1. The minimum atomic E-state index is -0.946. The van der Waals surface area contributed by atoms with E-state index in [0.29, 0.717) is 6.42 Å². The van der Waals surface area contributed by atoms with E-state index in [1.54, 1.807) is 6.92 Å². The lowest BCUT2D eigenvalue weighted by atomic mass is 10.1. The Labute approximate surface area is 114 Å². The maximum atomic E-state index is 11.7. The van der Waals surface area contributed by atoms with Crippen LogP contribution in [-0.4, -0.2) is 28.5 Å². The lowest BCUT2D eigenvalue weighted by Crippen LogP contribution is -2.32. The number of rotatable bonds is 5. The average Bonchev–Trinajstić information content (AvgIpc) is 2.28. The molecule has 1 unspecified atom stereocenters. The van der Waals surface area contributed by atoms with Crippen LogP contribution < -0.4 is 5.32 Å². The number of aliphatic carboxylic acids is 1. The number of amides is 1. The fourth-order valence-corrected chi connectivity index (χ4v) is 1.73. The fraction of sp³-hybridized carbons (Fsp3) is 0.364. The molecule has 1 aromatic rings. The lowest BCUT2D eigenvalue weighted by Gasteiger charge is -2.11. The first-order valence-corrected chi connectivity index (χ1v) is 6.04. The van der Waals surface area contributed by atoms with Crippen molar-refractivity contribution in [3.63, 3.8) is 0 Å². The molecule has 0 aliphatic rings. The molecule has 0 bridgehead atoms. The summed E-state index contributed by atoms with van der Waals surface area (Å²) in [5.41, 5.74) is 0.168. The van der Waals surface area contributed by atoms with Crippen molar-refractivity contribution in [2.24, 2.45) is 5.92 Å². The summed E-state index contributed by atoms with van der Waals surface area (Å²) >= 11 is 11.4. The predicted molar refractivity (Wildman–Crippen MR) is 68.0 cm³/mol. The summed E-state index contributed by atoms with van der Waals surface area (Å²) < 4.78 is 0. The molecular formula is C11H12Cl2N2O3. The Morgan fingerprint density at radius 1 is 1.44 bits per heavy atom. The molecule has 1 aromatic heterocycles. The molecule has 0 radical (unpaired) electrons. The second-order valence-corrected chi connectivity index (χ2v) is 4.37. The topological polar surface area (TPSA) is 79.3 Å². The maximum absolute atomic E-state index is 11.7. The van der Waals surface area contributed by atoms with Gasteiger partial charge < -0.3 is 10.4 Å². The number of carbonyl (C=O) groups is 2. The Kier molecular flexibility index (Phi) is 5.37. The molecule has 0 aliphatic carbocycles. The molecule has 1 atom stereocenters. The van der Waals surface area contributed by atoms with Crippen LogP contribution in [0, 0.1) is 5.92 Å². The number of halogens is 2. The SMILES string of the molecule is CCC(CNC(=O)c1ccc(Cl)nc1Cl)C(=O)O. The Morgan fingerprint density at radius 3 is 2.61 bits per heavy atom. The third kappa shape index (κ3) is 3.85. The van der Waals surface area contributed by atoms with Crippen molar-refractivity contribution < 1.29 is 14.7 Å². The van der Waals surface area contributed by atoms with Crippen LogP contribution >= 0.6 is 23.2 Å². The van der Waals surface area contributed by atoms with Gasteiger partial charge in [-0.2, -0.15) is 0 Å². The molecule has 0 spiro atoms. The first-order valence-electron chi connectivity index (χ1n) is 5.28. The van der Waals surface area contributed by atoms with Gasteiger partial charge in [0.2, 0.25) is 0 Å². The van der Waals surface area contributed by atoms with E-state index in [0.717, 1.165) is 0 Å². The van der Waals surface area contributed by atoms with Gasteiger partial charge in [0.25, 0.3) is 5.91 Å². The summed E-state index contributed by atoms with van der Waals surface area (Å²) in [6.45, 7) is 1.78. The molecule has 5 nitrogen and oxygen atoms in total. The van der Waals surface area contributed by atoms with Gasteiger partial charge in [-0.05, 0) is 18.6 Å². The van der Waals surface area contributed by atoms with E-state index in [2.05, 4.69) is 10.3 Å². The number of nitrogens with one attached hydrogen (secondary N) is 1. The Bertz CT molecular complexity index is 466. The van der Waals surface area contributed by atoms with Crippen molar-refractivity contribution >= 4 is 35.1 Å². The number of carboxylic acid groups (broad SMARTS) is 1. The quantitative estimate of drug-likeness (QED) is 0.815. The van der Waals surface area contributed by atoms with Crippen LogP contribution in [0.1, 0.15) is 23.7 Å². The van der Waals surface area contributed by atoms with Gasteiger partial charge in [-0.1, -0.05) is 30.1 Å². The standard InChI is InChI=1S/C11H12Cl2N2O3/c1-2-6(11(17)18)5-14-10(16)7-3-4-8(12)15-9(7)13/h3-4,6H,2,5H2,1H3,(H,14,16)(H,17,18). The molecule has 0 fully saturated rings. The van der Waals surface area contributed by atoms with E-state index >= 15 is 0 Å². The zero-order valence-electron chi connectivity index (χ0n) is 9.61. The number of hydrogen-bond acceptors (Lipinski definition) is 3. The zero-order chi connectivity index (χ0) is 13.7. The van der Waals surface area contributed by atoms with Gasteiger partial charge in [-0.3, -0.25) is 9.59 Å². The van der Waals surface area contributed by atoms with Gasteiger partial charge >= 0.3 is 5.97 Å². The predicted octanol–water partition coefficient (Wildman–Crippen LogP) is 2.23. The van der Waals surface area contributed by atoms with E-state index in [1.807, 2.05) is 0 Å². The summed E-state index contributed by atoms with van der Waals surface area (Å²) in [7, 11) is 0. The second-order valence-electron chi connectivity index (χ2n) is 3.63. The molecular weight excluding hydrogens is 279 g/mol. The van der Waals surface area contributed by atoms with Crippen molar-refractivity contribution in [1.82, 2.24) is 10.3 Å². The van der Waals surface area contributed by atoms with Crippen molar-refractivity contribution in [2.45, 2.75) is 13.3 Å². The van der Waals surface area contributed by atoms with Crippen LogP contribution in [-0.2, 0) is 4.79 Å². The van der Waals surface area contributed by atoms with E-state index in [1.165, 1.54) is 12.1 Å². The number of pyridine rings is 1. The molecule has 18 heavy (non-hydrogen) atoms. The van der Waals surface area contributed by atoms with Crippen LogP contribution in [0.4, 0.5) is 0 Å². The van der Waals surface area contributed by atoms with Crippen LogP contribution in [0.5, 0.6) is 0 Å². The average molecular weight is 291 g/mol. The minimum absolute atomic E-state index is 0.0108. The largest absolute Gasteiger partial charge is 0.481 e. The highest BCUT2D eigenvalue weighted by molar-refractivity contribution is 6.34. The van der Waals surface area contributed by atoms with Crippen molar-refractivity contribution in [3.05, 3.63) is 28.0 Å². The summed E-state index contributed by atoms with van der Waals surface area (Å²) in [4.78, 5) is 26.3. The number of carboxylic acids is 1. The first kappa shape index (κ1) is 14.7. The molecule has 0 aromatic carbocycles. The molecule has 1 amide bonds. The van der Waals surface area contributed by atoms with Gasteiger partial charge in [0.15, 0.2) is 0 Å². The highest BCUT2D eigenvalue weighted by Gasteiger charge is 2.18. The molecule has 0 saturated heterocycles. The minimum Gasteiger partial charge on any atom is -0.481 e. The van der Waals surface area contributed by atoms with Crippen LogP contribution in [0.3, 0.4) is 0 Å². The molecule has 98 valence electrons. The van der Waals surface area contributed by atoms with E-state index in [9.17, 15) is 9.59 Å². The summed E-state index contributed by atoms with van der Waals surface area (Å²) in [5.74, 6) is -2.03. The monoisotopic (exact) mass is 290 g/mol. The summed E-state index contributed by atoms with van der Waals surface area (Å²) in [6, 6.07) is 2.88. The smallest absolute Gasteiger partial charge is 0.308 e. The lowest BCUT2D eigenvalue weighted by molar-refractivity contribution is -0.141. The number of hydrogen-bond donors (Lipinski definition) is 2. The van der Waals surface area contributed by atoms with Gasteiger partial charge in [-0.15, -0.1) is 0 Å². The molecule has 0 aliphatic heterocycles. The van der Waals surface area contributed by atoms with E-state index < -0.39 is 17.8 Å². The van der Waals surface area contributed by atoms with Crippen molar-refractivity contribution in [1.29, 1.82) is 0 Å². The Balaban J connectivity index is 2.68. The summed E-state index contributed by atoms with van der Waals surface area (Å²) in [6.07, 6.45) is 0.433. The third-order valence-corrected chi connectivity index (χ3v) is 2.91. The second kappa shape index (κ2) is 6.56. The fourth-order valence-electron chi connectivity index (χ4n) is 1.30. The number of carbonyl (C=O) groups excluding carboxylic acids is 1. The van der Waals surface area contributed by atoms with Crippen LogP contribution in [0.2, 0.25) is 10.3 Å². The van der Waals surface area contributed by atoms with E-state index in [4.69, 9.17) is 28.3 Å². The van der Waals surface area contributed by atoms with E-state index in [-0.39, 0.29) is 22.4 Å². The molecule has 1 heterocycles. The number of aromatic nitrogens is 1. The summed E-state index contributed by atoms with van der Waals surface area (Å²) in [5, 5.41) is 11.5. The maximum Gasteiger partial charge on any atom is 0.308 e. The van der Waals surface area contributed by atoms with Crippen molar-refractivity contribution in [2.75, 3.05) is 6.54 Å². The van der Waals surface area contributed by atoms with Gasteiger partial charge in [0, 0.05) is 6.54 Å².